The van der Waals surface area contributed by atoms with Gasteiger partial charge in [0.25, 0.3) is 5.56 Å². The number of alkyl halides is 1. The molecule has 5 heteroatoms. The third-order valence-corrected chi connectivity index (χ3v) is 2.93. The fourth-order valence-corrected chi connectivity index (χ4v) is 1.57. The molecule has 0 aliphatic heterocycles. The van der Waals surface area contributed by atoms with Crippen LogP contribution in [0.4, 0.5) is 0 Å². The van der Waals surface area contributed by atoms with Gasteiger partial charge in [-0.2, -0.15) is 0 Å². The first-order valence-corrected chi connectivity index (χ1v) is 4.91. The molecular weight excluding hydrogens is 196 g/mol. The van der Waals surface area contributed by atoms with Crippen molar-refractivity contribution < 1.29 is 0 Å². The molecule has 1 atom stereocenters. The maximum Gasteiger partial charge on any atom is 0.280 e. The van der Waals surface area contributed by atoms with E-state index in [9.17, 15) is 4.79 Å². The number of aromatic nitrogens is 2. The molecule has 0 aliphatic carbocycles. The van der Waals surface area contributed by atoms with Crippen LogP contribution in [0.1, 0.15) is 6.92 Å². The van der Waals surface area contributed by atoms with E-state index >= 15 is 0 Å². The first-order chi connectivity index (χ1) is 5.74. The Hall–Kier alpha value is -0.480. The predicted octanol–water partition coefficient (Wildman–Crippen LogP) is 1.49. The summed E-state index contributed by atoms with van der Waals surface area (Å²) in [6.45, 7) is 1.95. The molecule has 0 spiro atoms. The van der Waals surface area contributed by atoms with Crippen molar-refractivity contribution in [3.8, 4) is 0 Å². The molecule has 1 N–H and O–H groups in total. The third-order valence-electron chi connectivity index (χ3n) is 1.21. The zero-order valence-electron chi connectivity index (χ0n) is 6.58. The Morgan fingerprint density at radius 1 is 1.83 bits per heavy atom. The van der Waals surface area contributed by atoms with E-state index in [0.717, 1.165) is 0 Å². The molecule has 3 nitrogen and oxygen atoms in total. The lowest BCUT2D eigenvalue weighted by Gasteiger charge is -2.03. The van der Waals surface area contributed by atoms with Gasteiger partial charge in [0.15, 0.2) is 5.03 Å². The van der Waals surface area contributed by atoms with Crippen LogP contribution in [0.2, 0.25) is 0 Å². The number of H-pyrrole nitrogens is 1. The first kappa shape index (κ1) is 9.61. The van der Waals surface area contributed by atoms with Crippen molar-refractivity contribution in [1.29, 1.82) is 0 Å². The molecule has 1 heterocycles. The monoisotopic (exact) mass is 204 g/mol. The van der Waals surface area contributed by atoms with E-state index in [1.165, 1.54) is 18.0 Å². The molecule has 0 radical (unpaired) electrons. The molecule has 0 aromatic carbocycles. The molecule has 0 bridgehead atoms. The zero-order valence-corrected chi connectivity index (χ0v) is 8.15. The van der Waals surface area contributed by atoms with Crippen LogP contribution >= 0.6 is 23.4 Å². The molecule has 1 aromatic heterocycles. The lowest BCUT2D eigenvalue weighted by Crippen LogP contribution is -2.11. The Bertz CT molecular complexity index is 301. The number of aromatic amines is 1. The molecule has 0 fully saturated rings. The largest absolute Gasteiger partial charge is 0.325 e. The molecule has 0 saturated carbocycles. The van der Waals surface area contributed by atoms with Gasteiger partial charge in [0.05, 0.1) is 0 Å². The predicted molar refractivity (Wildman–Crippen MR) is 50.9 cm³/mol. The van der Waals surface area contributed by atoms with Crippen molar-refractivity contribution in [2.24, 2.45) is 0 Å². The second-order valence-corrected chi connectivity index (χ2v) is 4.04. The number of halogens is 1. The SMILES string of the molecule is CC(CCl)Sc1ncc[nH]c1=O. The standard InChI is InChI=1S/C7H9ClN2OS/c1-5(4-8)12-7-6(11)9-2-3-10-7/h2-3,5H,4H2,1H3,(H,9,11). The van der Waals surface area contributed by atoms with Gasteiger partial charge in [-0.25, -0.2) is 4.98 Å². The van der Waals surface area contributed by atoms with Gasteiger partial charge in [-0.15, -0.1) is 11.6 Å². The van der Waals surface area contributed by atoms with Crippen LogP contribution in [0.3, 0.4) is 0 Å². The van der Waals surface area contributed by atoms with E-state index in [2.05, 4.69) is 9.97 Å². The molecule has 1 aromatic rings. The Balaban J connectivity index is 2.76. The van der Waals surface area contributed by atoms with Crippen molar-refractivity contribution in [2.45, 2.75) is 17.2 Å². The van der Waals surface area contributed by atoms with E-state index in [0.29, 0.717) is 10.9 Å². The van der Waals surface area contributed by atoms with Crippen molar-refractivity contribution in [2.75, 3.05) is 5.88 Å². The van der Waals surface area contributed by atoms with Gasteiger partial charge in [-0.05, 0) is 0 Å². The second kappa shape index (κ2) is 4.52. The summed E-state index contributed by atoms with van der Waals surface area (Å²) in [6, 6.07) is 0. The Kier molecular flexibility index (Phi) is 3.62. The molecule has 1 unspecified atom stereocenters. The van der Waals surface area contributed by atoms with Crippen LogP contribution in [-0.4, -0.2) is 21.1 Å². The lowest BCUT2D eigenvalue weighted by atomic mass is 10.6. The highest BCUT2D eigenvalue weighted by atomic mass is 35.5. The minimum absolute atomic E-state index is 0.153. The fraction of sp³-hybridized carbons (Fsp3) is 0.429. The van der Waals surface area contributed by atoms with Gasteiger partial charge < -0.3 is 4.98 Å². The van der Waals surface area contributed by atoms with Crippen LogP contribution in [0, 0.1) is 0 Å². The summed E-state index contributed by atoms with van der Waals surface area (Å²) < 4.78 is 0. The summed E-state index contributed by atoms with van der Waals surface area (Å²) in [5.74, 6) is 0.515. The molecule has 1 rings (SSSR count). The summed E-state index contributed by atoms with van der Waals surface area (Å²) in [6.07, 6.45) is 3.07. The number of rotatable bonds is 3. The molecule has 0 amide bonds. The van der Waals surface area contributed by atoms with Crippen LogP contribution in [0.5, 0.6) is 0 Å². The van der Waals surface area contributed by atoms with E-state index < -0.39 is 0 Å². The molecule has 12 heavy (non-hydrogen) atoms. The minimum atomic E-state index is -0.153. The summed E-state index contributed by atoms with van der Waals surface area (Å²) in [7, 11) is 0. The first-order valence-electron chi connectivity index (χ1n) is 3.50. The Morgan fingerprint density at radius 2 is 2.58 bits per heavy atom. The zero-order chi connectivity index (χ0) is 8.97. The van der Waals surface area contributed by atoms with Crippen LogP contribution < -0.4 is 5.56 Å². The molecule has 0 saturated heterocycles. The van der Waals surface area contributed by atoms with E-state index in [1.807, 2.05) is 6.92 Å². The van der Waals surface area contributed by atoms with E-state index in [4.69, 9.17) is 11.6 Å². The molecular formula is C7H9ClN2OS. The van der Waals surface area contributed by atoms with Gasteiger partial charge in [0.2, 0.25) is 0 Å². The van der Waals surface area contributed by atoms with Crippen molar-refractivity contribution in [1.82, 2.24) is 9.97 Å². The summed E-state index contributed by atoms with van der Waals surface area (Å²) in [5, 5.41) is 0.688. The molecule has 66 valence electrons. The topological polar surface area (TPSA) is 45.8 Å². The van der Waals surface area contributed by atoms with Crippen molar-refractivity contribution in [3.05, 3.63) is 22.7 Å². The third kappa shape index (κ3) is 2.53. The van der Waals surface area contributed by atoms with E-state index in [1.54, 1.807) is 6.20 Å². The average Bonchev–Trinajstić information content (AvgIpc) is 2.09. The van der Waals surface area contributed by atoms with Gasteiger partial charge in [-0.1, -0.05) is 18.7 Å². The maximum atomic E-state index is 11.1. The van der Waals surface area contributed by atoms with Crippen molar-refractivity contribution in [3.63, 3.8) is 0 Å². The van der Waals surface area contributed by atoms with Gasteiger partial charge >= 0.3 is 0 Å². The smallest absolute Gasteiger partial charge is 0.280 e. The highest BCUT2D eigenvalue weighted by Crippen LogP contribution is 2.17. The number of hydrogen-bond donors (Lipinski definition) is 1. The van der Waals surface area contributed by atoms with Crippen LogP contribution in [0.15, 0.2) is 22.2 Å². The second-order valence-electron chi connectivity index (χ2n) is 2.31. The summed E-state index contributed by atoms with van der Waals surface area (Å²) >= 11 is 6.98. The number of thioether (sulfide) groups is 1. The van der Waals surface area contributed by atoms with Crippen molar-refractivity contribution >= 4 is 23.4 Å². The number of nitrogens with one attached hydrogen (secondary N) is 1. The summed E-state index contributed by atoms with van der Waals surface area (Å²) in [5.41, 5.74) is -0.153. The fourth-order valence-electron chi connectivity index (χ4n) is 0.644. The minimum Gasteiger partial charge on any atom is -0.325 e. The van der Waals surface area contributed by atoms with Crippen LogP contribution in [-0.2, 0) is 0 Å². The maximum absolute atomic E-state index is 11.1. The van der Waals surface area contributed by atoms with Gasteiger partial charge in [-0.3, -0.25) is 4.79 Å². The average molecular weight is 205 g/mol. The van der Waals surface area contributed by atoms with Gasteiger partial charge in [0.1, 0.15) is 0 Å². The van der Waals surface area contributed by atoms with E-state index in [-0.39, 0.29) is 10.8 Å². The highest BCUT2D eigenvalue weighted by Gasteiger charge is 2.06. The quantitative estimate of drug-likeness (QED) is 0.600. The van der Waals surface area contributed by atoms with Gasteiger partial charge in [0, 0.05) is 23.5 Å². The number of hydrogen-bond acceptors (Lipinski definition) is 3. The highest BCUT2D eigenvalue weighted by molar-refractivity contribution is 7.99. The lowest BCUT2D eigenvalue weighted by molar-refractivity contribution is 0.984. The Morgan fingerprint density at radius 3 is 3.17 bits per heavy atom. The Labute approximate surface area is 79.6 Å². The summed E-state index contributed by atoms with van der Waals surface area (Å²) in [4.78, 5) is 17.6. The normalized spacial score (nSPS) is 12.8. The number of nitrogens with zero attached hydrogens (tertiary/aromatic N) is 1. The molecule has 0 aliphatic rings. The van der Waals surface area contributed by atoms with Crippen LogP contribution in [0.25, 0.3) is 0 Å².